The minimum Gasteiger partial charge on any atom is -0.497 e. The van der Waals surface area contributed by atoms with E-state index in [9.17, 15) is 14.7 Å². The number of carboxylic acids is 1. The maximum absolute atomic E-state index is 12.1. The third kappa shape index (κ3) is 5.37. The first-order chi connectivity index (χ1) is 12.5. The molecule has 0 aliphatic heterocycles. The summed E-state index contributed by atoms with van der Waals surface area (Å²) in [6.07, 6.45) is 3.06. The Morgan fingerprint density at radius 1 is 1.12 bits per heavy atom. The van der Waals surface area contributed by atoms with Crippen molar-refractivity contribution < 1.29 is 24.2 Å². The lowest BCUT2D eigenvalue weighted by molar-refractivity contribution is -0.141. The number of carboxylic acid groups (broad SMARTS) is 1. The minimum absolute atomic E-state index is 0.210. The number of carbonyl (C=O) groups excluding carboxylic acids is 1. The van der Waals surface area contributed by atoms with Crippen molar-refractivity contribution in [2.75, 3.05) is 14.2 Å². The molecule has 26 heavy (non-hydrogen) atoms. The topological polar surface area (TPSA) is 84.9 Å². The summed E-state index contributed by atoms with van der Waals surface area (Å²) < 4.78 is 10.4. The zero-order chi connectivity index (χ0) is 18.9. The predicted octanol–water partition coefficient (Wildman–Crippen LogP) is 2.53. The Morgan fingerprint density at radius 2 is 1.85 bits per heavy atom. The van der Waals surface area contributed by atoms with Gasteiger partial charge in [0.15, 0.2) is 0 Å². The van der Waals surface area contributed by atoms with Gasteiger partial charge in [-0.05, 0) is 23.8 Å². The predicted molar refractivity (Wildman–Crippen MR) is 98.3 cm³/mol. The Morgan fingerprint density at radius 3 is 2.46 bits per heavy atom. The summed E-state index contributed by atoms with van der Waals surface area (Å²) in [6, 6.07) is 13.3. The standard InChI is InChI=1S/C20H21NO5/c1-25-16-10-8-15(18(13-16)26-2)9-11-19(22)21-17(20(23)24)12-14-6-4-3-5-7-14/h3-11,13,17H,12H2,1-2H3,(H,21,22)(H,23,24)/b11-9+/t17-/m0/s1. The largest absolute Gasteiger partial charge is 0.497 e. The average molecular weight is 355 g/mol. The summed E-state index contributed by atoms with van der Waals surface area (Å²) in [5.74, 6) is -0.395. The van der Waals surface area contributed by atoms with E-state index in [-0.39, 0.29) is 6.42 Å². The highest BCUT2D eigenvalue weighted by atomic mass is 16.5. The van der Waals surface area contributed by atoms with Gasteiger partial charge in [0.2, 0.25) is 5.91 Å². The molecule has 0 aliphatic carbocycles. The molecule has 1 amide bonds. The highest BCUT2D eigenvalue weighted by Crippen LogP contribution is 2.25. The summed E-state index contributed by atoms with van der Waals surface area (Å²) in [5, 5.41) is 11.8. The maximum atomic E-state index is 12.1. The maximum Gasteiger partial charge on any atom is 0.326 e. The van der Waals surface area contributed by atoms with Crippen LogP contribution in [0.4, 0.5) is 0 Å². The van der Waals surface area contributed by atoms with Crippen LogP contribution in [0.15, 0.2) is 54.6 Å². The first kappa shape index (κ1) is 19.1. The van der Waals surface area contributed by atoms with Gasteiger partial charge < -0.3 is 19.9 Å². The number of hydrogen-bond acceptors (Lipinski definition) is 4. The molecule has 0 radical (unpaired) electrons. The van der Waals surface area contributed by atoms with Gasteiger partial charge in [-0.1, -0.05) is 30.3 Å². The number of amides is 1. The molecule has 2 rings (SSSR count). The van der Waals surface area contributed by atoms with Crippen LogP contribution in [-0.4, -0.2) is 37.2 Å². The van der Waals surface area contributed by atoms with Crippen LogP contribution in [0.25, 0.3) is 6.08 Å². The van der Waals surface area contributed by atoms with E-state index >= 15 is 0 Å². The fourth-order valence-electron chi connectivity index (χ4n) is 2.39. The van der Waals surface area contributed by atoms with E-state index in [1.807, 2.05) is 30.3 Å². The van der Waals surface area contributed by atoms with Crippen molar-refractivity contribution >= 4 is 18.0 Å². The fourth-order valence-corrected chi connectivity index (χ4v) is 2.39. The Balaban J connectivity index is 2.06. The average Bonchev–Trinajstić information content (AvgIpc) is 2.66. The van der Waals surface area contributed by atoms with Crippen LogP contribution >= 0.6 is 0 Å². The molecule has 2 aromatic rings. The number of rotatable bonds is 8. The monoisotopic (exact) mass is 355 g/mol. The Kier molecular flexibility index (Phi) is 6.79. The van der Waals surface area contributed by atoms with Gasteiger partial charge in [-0.3, -0.25) is 4.79 Å². The van der Waals surface area contributed by atoms with E-state index in [4.69, 9.17) is 9.47 Å². The Labute approximate surface area is 152 Å². The normalized spacial score (nSPS) is 11.8. The van der Waals surface area contributed by atoms with Gasteiger partial charge >= 0.3 is 5.97 Å². The highest BCUT2D eigenvalue weighted by Gasteiger charge is 2.19. The number of methoxy groups -OCH3 is 2. The molecule has 2 aromatic carbocycles. The number of aliphatic carboxylic acids is 1. The molecule has 0 spiro atoms. The second kappa shape index (κ2) is 9.27. The molecule has 0 saturated carbocycles. The van der Waals surface area contributed by atoms with Crippen molar-refractivity contribution in [1.82, 2.24) is 5.32 Å². The number of carbonyl (C=O) groups is 2. The van der Waals surface area contributed by atoms with Crippen LogP contribution < -0.4 is 14.8 Å². The summed E-state index contributed by atoms with van der Waals surface area (Å²) in [7, 11) is 3.07. The molecule has 6 nitrogen and oxygen atoms in total. The molecule has 6 heteroatoms. The lowest BCUT2D eigenvalue weighted by Gasteiger charge is -2.13. The lowest BCUT2D eigenvalue weighted by atomic mass is 10.1. The van der Waals surface area contributed by atoms with Crippen LogP contribution in [0.3, 0.4) is 0 Å². The number of ether oxygens (including phenoxy) is 2. The number of nitrogens with one attached hydrogen (secondary N) is 1. The molecule has 0 fully saturated rings. The zero-order valence-electron chi connectivity index (χ0n) is 14.6. The lowest BCUT2D eigenvalue weighted by Crippen LogP contribution is -2.41. The van der Waals surface area contributed by atoms with Crippen LogP contribution in [0.5, 0.6) is 11.5 Å². The summed E-state index contributed by atoms with van der Waals surface area (Å²) in [5.41, 5.74) is 1.51. The summed E-state index contributed by atoms with van der Waals surface area (Å²) in [6.45, 7) is 0. The SMILES string of the molecule is COc1ccc(/C=C/C(=O)N[C@@H](Cc2ccccc2)C(=O)O)c(OC)c1. The van der Waals surface area contributed by atoms with Gasteiger partial charge in [0, 0.05) is 24.1 Å². The van der Waals surface area contributed by atoms with Gasteiger partial charge in [0.25, 0.3) is 0 Å². The van der Waals surface area contributed by atoms with Gasteiger partial charge in [-0.25, -0.2) is 4.79 Å². The van der Waals surface area contributed by atoms with Crippen LogP contribution in [0.1, 0.15) is 11.1 Å². The molecule has 0 saturated heterocycles. The first-order valence-electron chi connectivity index (χ1n) is 8.01. The van der Waals surface area contributed by atoms with E-state index in [1.54, 1.807) is 31.4 Å². The van der Waals surface area contributed by atoms with E-state index in [2.05, 4.69) is 5.32 Å². The third-order valence-corrected chi connectivity index (χ3v) is 3.75. The molecule has 0 aromatic heterocycles. The number of benzene rings is 2. The molecule has 1 atom stereocenters. The van der Waals surface area contributed by atoms with Crippen molar-refractivity contribution in [2.45, 2.75) is 12.5 Å². The van der Waals surface area contributed by atoms with E-state index in [0.29, 0.717) is 17.1 Å². The van der Waals surface area contributed by atoms with Crippen molar-refractivity contribution in [3.8, 4) is 11.5 Å². The second-order valence-corrected chi connectivity index (χ2v) is 5.53. The first-order valence-corrected chi connectivity index (χ1v) is 8.01. The molecule has 0 bridgehead atoms. The van der Waals surface area contributed by atoms with Crippen LogP contribution in [-0.2, 0) is 16.0 Å². The Hall–Kier alpha value is -3.28. The van der Waals surface area contributed by atoms with E-state index < -0.39 is 17.9 Å². The van der Waals surface area contributed by atoms with E-state index in [1.165, 1.54) is 13.2 Å². The molecule has 0 aliphatic rings. The summed E-state index contributed by atoms with van der Waals surface area (Å²) in [4.78, 5) is 23.5. The van der Waals surface area contributed by atoms with Gasteiger partial charge in [0.1, 0.15) is 17.5 Å². The minimum atomic E-state index is -1.09. The summed E-state index contributed by atoms with van der Waals surface area (Å²) >= 11 is 0. The smallest absolute Gasteiger partial charge is 0.326 e. The van der Waals surface area contributed by atoms with Crippen LogP contribution in [0.2, 0.25) is 0 Å². The van der Waals surface area contributed by atoms with E-state index in [0.717, 1.165) is 5.56 Å². The van der Waals surface area contributed by atoms with Gasteiger partial charge in [0.05, 0.1) is 14.2 Å². The molecule has 136 valence electrons. The third-order valence-electron chi connectivity index (χ3n) is 3.75. The molecule has 2 N–H and O–H groups in total. The van der Waals surface area contributed by atoms with Crippen molar-refractivity contribution in [2.24, 2.45) is 0 Å². The second-order valence-electron chi connectivity index (χ2n) is 5.53. The Bertz CT molecular complexity index is 786. The quantitative estimate of drug-likeness (QED) is 0.711. The molecule has 0 unspecified atom stereocenters. The highest BCUT2D eigenvalue weighted by molar-refractivity contribution is 5.94. The van der Waals surface area contributed by atoms with Crippen LogP contribution in [0, 0.1) is 0 Å². The zero-order valence-corrected chi connectivity index (χ0v) is 14.6. The van der Waals surface area contributed by atoms with Crippen molar-refractivity contribution in [1.29, 1.82) is 0 Å². The van der Waals surface area contributed by atoms with Gasteiger partial charge in [-0.2, -0.15) is 0 Å². The van der Waals surface area contributed by atoms with Crippen molar-refractivity contribution in [3.05, 3.63) is 65.7 Å². The molecular weight excluding hydrogens is 334 g/mol. The molecular formula is C20H21NO5. The van der Waals surface area contributed by atoms with Crippen molar-refractivity contribution in [3.63, 3.8) is 0 Å². The molecule has 0 heterocycles. The van der Waals surface area contributed by atoms with Gasteiger partial charge in [-0.15, -0.1) is 0 Å². The number of hydrogen-bond donors (Lipinski definition) is 2. The fraction of sp³-hybridized carbons (Fsp3) is 0.200.